The zero-order chi connectivity index (χ0) is 18.8. The Morgan fingerprint density at radius 3 is 2.52 bits per heavy atom. The normalized spacial score (nSPS) is 26.1. The Morgan fingerprint density at radius 1 is 1.19 bits per heavy atom. The molecule has 0 radical (unpaired) electrons. The number of fused-ring (bicyclic) bond motifs is 1. The van der Waals surface area contributed by atoms with E-state index in [1.54, 1.807) is 18.3 Å². The van der Waals surface area contributed by atoms with Crippen molar-refractivity contribution in [3.8, 4) is 11.5 Å². The van der Waals surface area contributed by atoms with Crippen LogP contribution in [0.25, 0.3) is 0 Å². The summed E-state index contributed by atoms with van der Waals surface area (Å²) < 4.78 is 16.0. The minimum atomic E-state index is 0.00881. The molecule has 5 nitrogen and oxygen atoms in total. The highest BCUT2D eigenvalue weighted by Gasteiger charge is 2.42. The second kappa shape index (κ2) is 8.09. The summed E-state index contributed by atoms with van der Waals surface area (Å²) in [5, 5.41) is 9.47. The van der Waals surface area contributed by atoms with Crippen molar-refractivity contribution in [1.82, 2.24) is 9.88 Å². The van der Waals surface area contributed by atoms with Gasteiger partial charge < -0.3 is 19.3 Å². The number of phenolic OH excluding ortho intramolecular Hbond substituents is 1. The number of ether oxygens (including phenoxy) is 1. The highest BCUT2D eigenvalue weighted by molar-refractivity contribution is 7.94. The van der Waals surface area contributed by atoms with Crippen molar-refractivity contribution in [1.29, 1.82) is 0 Å². The molecular formula is C21H26N2O3S. The van der Waals surface area contributed by atoms with Crippen LogP contribution in [-0.2, 0) is 0 Å². The SMILES string of the molecule is Cc1ncccc1O[C@H]1C[C@@H]2CN(CC(SO)c3ccc(O)cc3)C[C@@H]2C1. The molecule has 2 aliphatic rings. The number of nitrogens with zero attached hydrogens (tertiary/aromatic N) is 2. The van der Waals surface area contributed by atoms with Gasteiger partial charge in [-0.15, -0.1) is 0 Å². The Bertz CT molecular complexity index is 756. The molecule has 2 fully saturated rings. The largest absolute Gasteiger partial charge is 0.508 e. The first-order valence-electron chi connectivity index (χ1n) is 9.52. The molecule has 1 aliphatic carbocycles. The highest BCUT2D eigenvalue weighted by Crippen LogP contribution is 2.41. The van der Waals surface area contributed by atoms with Gasteiger partial charge in [-0.3, -0.25) is 4.98 Å². The molecule has 2 N–H and O–H groups in total. The first-order chi connectivity index (χ1) is 13.1. The van der Waals surface area contributed by atoms with Crippen molar-refractivity contribution in [3.05, 3.63) is 53.9 Å². The van der Waals surface area contributed by atoms with Crippen LogP contribution in [0.4, 0.5) is 0 Å². The minimum Gasteiger partial charge on any atom is -0.508 e. The highest BCUT2D eigenvalue weighted by atomic mass is 32.2. The number of aromatic hydroxyl groups is 1. The van der Waals surface area contributed by atoms with Gasteiger partial charge in [-0.25, -0.2) is 0 Å². The molecule has 144 valence electrons. The van der Waals surface area contributed by atoms with Crippen molar-refractivity contribution in [2.75, 3.05) is 19.6 Å². The second-order valence-corrected chi connectivity index (χ2v) is 8.50. The average Bonchev–Trinajstić information content (AvgIpc) is 3.20. The molecule has 1 saturated carbocycles. The van der Waals surface area contributed by atoms with Crippen LogP contribution in [0.1, 0.15) is 29.3 Å². The Balaban J connectivity index is 1.31. The molecule has 2 heterocycles. The molecule has 6 heteroatoms. The average molecular weight is 387 g/mol. The van der Waals surface area contributed by atoms with Crippen molar-refractivity contribution < 1.29 is 14.4 Å². The van der Waals surface area contributed by atoms with E-state index in [0.29, 0.717) is 11.8 Å². The molecule has 0 spiro atoms. The molecule has 4 rings (SSSR count). The fraction of sp³-hybridized carbons (Fsp3) is 0.476. The number of pyridine rings is 1. The fourth-order valence-electron chi connectivity index (χ4n) is 4.48. The number of likely N-dealkylation sites (tertiary alicyclic amines) is 1. The number of benzene rings is 1. The van der Waals surface area contributed by atoms with Crippen molar-refractivity contribution in [2.24, 2.45) is 11.8 Å². The Labute approximate surface area is 164 Å². The van der Waals surface area contributed by atoms with Crippen molar-refractivity contribution in [3.63, 3.8) is 0 Å². The van der Waals surface area contributed by atoms with Crippen LogP contribution >= 0.6 is 12.0 Å². The molecule has 1 saturated heterocycles. The number of hydrogen-bond acceptors (Lipinski definition) is 6. The van der Waals surface area contributed by atoms with Gasteiger partial charge >= 0.3 is 0 Å². The predicted octanol–water partition coefficient (Wildman–Crippen LogP) is 4.13. The summed E-state index contributed by atoms with van der Waals surface area (Å²) in [6, 6.07) is 11.1. The third-order valence-electron chi connectivity index (χ3n) is 5.85. The lowest BCUT2D eigenvalue weighted by molar-refractivity contribution is 0.184. The van der Waals surface area contributed by atoms with E-state index in [1.165, 1.54) is 0 Å². The molecule has 0 bridgehead atoms. The van der Waals surface area contributed by atoms with Gasteiger partial charge in [0.1, 0.15) is 11.5 Å². The van der Waals surface area contributed by atoms with Crippen LogP contribution in [0.15, 0.2) is 42.6 Å². The van der Waals surface area contributed by atoms with E-state index >= 15 is 0 Å². The molecule has 4 atom stereocenters. The summed E-state index contributed by atoms with van der Waals surface area (Å²) in [7, 11) is 0. The lowest BCUT2D eigenvalue weighted by atomic mass is 10.0. The Morgan fingerprint density at radius 2 is 1.89 bits per heavy atom. The lowest BCUT2D eigenvalue weighted by Crippen LogP contribution is -2.28. The van der Waals surface area contributed by atoms with E-state index in [-0.39, 0.29) is 17.1 Å². The summed E-state index contributed by atoms with van der Waals surface area (Å²) in [6.45, 7) is 4.94. The summed E-state index contributed by atoms with van der Waals surface area (Å²) in [6.07, 6.45) is 4.26. The quantitative estimate of drug-likeness (QED) is 0.728. The van der Waals surface area contributed by atoms with E-state index in [4.69, 9.17) is 4.74 Å². The third-order valence-corrected chi connectivity index (χ3v) is 6.53. The zero-order valence-corrected chi connectivity index (χ0v) is 16.3. The first kappa shape index (κ1) is 18.6. The van der Waals surface area contributed by atoms with Crippen LogP contribution in [0.3, 0.4) is 0 Å². The van der Waals surface area contributed by atoms with Gasteiger partial charge in [0.25, 0.3) is 0 Å². The molecule has 2 aromatic rings. The smallest absolute Gasteiger partial charge is 0.140 e. The first-order valence-corrected chi connectivity index (χ1v) is 10.4. The topological polar surface area (TPSA) is 65.8 Å². The number of aromatic nitrogens is 1. The zero-order valence-electron chi connectivity index (χ0n) is 15.5. The van der Waals surface area contributed by atoms with Crippen LogP contribution in [0.5, 0.6) is 11.5 Å². The van der Waals surface area contributed by atoms with E-state index in [9.17, 15) is 9.66 Å². The maximum Gasteiger partial charge on any atom is 0.140 e. The Hall–Kier alpha value is -1.76. The molecule has 1 aromatic heterocycles. The number of phenols is 1. The minimum absolute atomic E-state index is 0.00881. The summed E-state index contributed by atoms with van der Waals surface area (Å²) in [5.41, 5.74) is 2.00. The van der Waals surface area contributed by atoms with Crippen LogP contribution in [0.2, 0.25) is 0 Å². The Kier molecular flexibility index (Phi) is 5.57. The maximum absolute atomic E-state index is 9.75. The molecular weight excluding hydrogens is 360 g/mol. The van der Waals surface area contributed by atoms with Gasteiger partial charge in [0.05, 0.1) is 17.0 Å². The van der Waals surface area contributed by atoms with Gasteiger partial charge in [-0.05, 0) is 73.5 Å². The third kappa shape index (κ3) is 4.23. The molecule has 1 unspecified atom stereocenters. The monoisotopic (exact) mass is 386 g/mol. The summed E-state index contributed by atoms with van der Waals surface area (Å²) in [4.78, 5) is 6.77. The number of aryl methyl sites for hydroxylation is 1. The van der Waals surface area contributed by atoms with Crippen molar-refractivity contribution in [2.45, 2.75) is 31.1 Å². The van der Waals surface area contributed by atoms with E-state index in [2.05, 4.69) is 9.88 Å². The second-order valence-electron chi connectivity index (χ2n) is 7.72. The van der Waals surface area contributed by atoms with Crippen LogP contribution in [0, 0.1) is 18.8 Å². The van der Waals surface area contributed by atoms with E-state index in [0.717, 1.165) is 61.5 Å². The molecule has 0 amide bonds. The lowest BCUT2D eigenvalue weighted by Gasteiger charge is -2.24. The van der Waals surface area contributed by atoms with Gasteiger partial charge in [0.2, 0.25) is 0 Å². The van der Waals surface area contributed by atoms with Gasteiger partial charge in [0.15, 0.2) is 0 Å². The standard InChI is InChI=1S/C21H26N2O3S/c1-14-20(3-2-8-22-14)26-19-9-16-11-23(12-17(16)10-19)13-21(27-25)15-4-6-18(24)7-5-15/h2-8,16-17,19,21,24-25H,9-13H2,1H3/t16-,17+,19+,21?. The van der Waals surface area contributed by atoms with Gasteiger partial charge in [-0.2, -0.15) is 0 Å². The van der Waals surface area contributed by atoms with Gasteiger partial charge in [-0.1, -0.05) is 12.1 Å². The summed E-state index contributed by atoms with van der Waals surface area (Å²) >= 11 is 0.893. The maximum atomic E-state index is 9.75. The summed E-state index contributed by atoms with van der Waals surface area (Å²) in [5.74, 6) is 2.49. The predicted molar refractivity (Wildman–Crippen MR) is 107 cm³/mol. The van der Waals surface area contributed by atoms with E-state index < -0.39 is 0 Å². The number of hydrogen-bond donors (Lipinski definition) is 2. The van der Waals surface area contributed by atoms with Crippen LogP contribution in [-0.4, -0.2) is 45.3 Å². The molecule has 1 aliphatic heterocycles. The van der Waals surface area contributed by atoms with Crippen LogP contribution < -0.4 is 4.74 Å². The van der Waals surface area contributed by atoms with Crippen molar-refractivity contribution >= 4 is 12.0 Å². The van der Waals surface area contributed by atoms with Gasteiger partial charge in [0, 0.05) is 25.8 Å². The van der Waals surface area contributed by atoms with E-state index in [1.807, 2.05) is 31.2 Å². The molecule has 1 aromatic carbocycles. The molecule has 27 heavy (non-hydrogen) atoms. The number of rotatable bonds is 6. The fourth-order valence-corrected chi connectivity index (χ4v) is 5.04.